The van der Waals surface area contributed by atoms with E-state index < -0.39 is 11.6 Å². The minimum atomic E-state index is -0.559. The third-order valence-electron chi connectivity index (χ3n) is 5.34. The van der Waals surface area contributed by atoms with Crippen LogP contribution in [0.4, 0.5) is 11.4 Å². The lowest BCUT2D eigenvalue weighted by Crippen LogP contribution is -2.28. The summed E-state index contributed by atoms with van der Waals surface area (Å²) in [4.78, 5) is 26.7. The molecule has 0 unspecified atom stereocenters. The fourth-order valence-electron chi connectivity index (χ4n) is 3.64. The number of anilines is 2. The Balaban J connectivity index is 0.00000106. The third kappa shape index (κ3) is 6.68. The number of aliphatic hydroxyl groups excluding tert-OH is 2. The SMILES string of the molecule is C1CN1.O=C1c2c(O)ccc(O)c2C(=O)c2c(NCCNCCO)ccc(NCCNCCO)c21. The molecule has 190 valence electrons. The topological polar surface area (TPSA) is 185 Å². The van der Waals surface area contributed by atoms with E-state index in [0.717, 1.165) is 0 Å². The van der Waals surface area contributed by atoms with Crippen LogP contribution in [0.3, 0.4) is 0 Å². The number of phenols is 2. The van der Waals surface area contributed by atoms with Crippen LogP contribution in [-0.4, -0.2) is 97.6 Å². The van der Waals surface area contributed by atoms with Gasteiger partial charge in [-0.05, 0) is 24.3 Å². The molecule has 2 aromatic rings. The summed E-state index contributed by atoms with van der Waals surface area (Å²) in [5.41, 5.74) is 0.678. The number of fused-ring (bicyclic) bond motifs is 2. The lowest BCUT2D eigenvalue weighted by molar-refractivity contribution is 0.0975. The Morgan fingerprint density at radius 1 is 0.629 bits per heavy atom. The number of hydrogen-bond acceptors (Lipinski definition) is 11. The van der Waals surface area contributed by atoms with Crippen LogP contribution >= 0.6 is 0 Å². The Hall–Kier alpha value is -3.22. The number of nitrogens with one attached hydrogen (secondary N) is 5. The molecule has 1 aliphatic carbocycles. The summed E-state index contributed by atoms with van der Waals surface area (Å²) in [5, 5.41) is 53.6. The summed E-state index contributed by atoms with van der Waals surface area (Å²) in [6, 6.07) is 5.74. The molecule has 4 rings (SSSR count). The van der Waals surface area contributed by atoms with Crippen molar-refractivity contribution in [2.45, 2.75) is 0 Å². The molecule has 0 bridgehead atoms. The van der Waals surface area contributed by atoms with Gasteiger partial charge in [-0.15, -0.1) is 0 Å². The van der Waals surface area contributed by atoms with Crippen molar-refractivity contribution in [2.75, 3.05) is 76.2 Å². The molecule has 0 amide bonds. The molecule has 0 radical (unpaired) electrons. The predicted octanol–water partition coefficient (Wildman–Crippen LogP) is -0.550. The first-order chi connectivity index (χ1) is 17.0. The minimum Gasteiger partial charge on any atom is -0.507 e. The fraction of sp³-hybridized carbons (Fsp3) is 0.417. The zero-order valence-corrected chi connectivity index (χ0v) is 19.5. The highest BCUT2D eigenvalue weighted by Crippen LogP contribution is 2.42. The Kier molecular flexibility index (Phi) is 9.82. The molecule has 9 N–H and O–H groups in total. The lowest BCUT2D eigenvalue weighted by Gasteiger charge is -2.25. The molecular formula is C24H33N5O6. The molecule has 1 aliphatic heterocycles. The van der Waals surface area contributed by atoms with Crippen molar-refractivity contribution in [2.24, 2.45) is 0 Å². The molecule has 2 aromatic carbocycles. The molecule has 0 saturated carbocycles. The van der Waals surface area contributed by atoms with Crippen molar-refractivity contribution in [1.29, 1.82) is 0 Å². The summed E-state index contributed by atoms with van der Waals surface area (Å²) >= 11 is 0. The van der Waals surface area contributed by atoms with E-state index in [1.54, 1.807) is 12.1 Å². The Morgan fingerprint density at radius 3 is 1.37 bits per heavy atom. The number of aromatic hydroxyl groups is 2. The molecule has 1 fully saturated rings. The Morgan fingerprint density at radius 2 is 1.03 bits per heavy atom. The standard InChI is InChI=1S/C22H28N4O6.C2H5N/c27-11-9-23-5-7-25-13-1-2-14(26-8-6-24-10-12-28)18-17(13)21(31)19-15(29)3-4-16(30)20(19)22(18)32;1-2-3-1/h1-4,23-30H,5-12H2;3H,1-2H2. The summed E-state index contributed by atoms with van der Waals surface area (Å²) in [5.74, 6) is -1.86. The van der Waals surface area contributed by atoms with Gasteiger partial charge in [0.25, 0.3) is 0 Å². The van der Waals surface area contributed by atoms with Gasteiger partial charge in [0.15, 0.2) is 0 Å². The molecule has 11 heteroatoms. The van der Waals surface area contributed by atoms with Crippen LogP contribution in [0.2, 0.25) is 0 Å². The monoisotopic (exact) mass is 487 g/mol. The highest BCUT2D eigenvalue weighted by Gasteiger charge is 2.37. The predicted molar refractivity (Wildman–Crippen MR) is 133 cm³/mol. The average molecular weight is 488 g/mol. The molecular weight excluding hydrogens is 454 g/mol. The number of rotatable bonds is 12. The fourth-order valence-corrected chi connectivity index (χ4v) is 3.64. The zero-order chi connectivity index (χ0) is 25.2. The Bertz CT molecular complexity index is 963. The number of carbonyl (C=O) groups excluding carboxylic acids is 2. The first kappa shape index (κ1) is 26.4. The summed E-state index contributed by atoms with van der Waals surface area (Å²) < 4.78 is 0. The van der Waals surface area contributed by atoms with E-state index in [1.807, 2.05) is 0 Å². The second kappa shape index (κ2) is 13.0. The van der Waals surface area contributed by atoms with Crippen molar-refractivity contribution in [3.8, 4) is 11.5 Å². The molecule has 11 nitrogen and oxygen atoms in total. The smallest absolute Gasteiger partial charge is 0.200 e. The molecule has 0 aromatic heterocycles. The van der Waals surface area contributed by atoms with Crippen molar-refractivity contribution in [1.82, 2.24) is 16.0 Å². The summed E-state index contributed by atoms with van der Waals surface area (Å²) in [6.45, 7) is 5.31. The van der Waals surface area contributed by atoms with Gasteiger partial charge in [0.2, 0.25) is 11.6 Å². The molecule has 1 saturated heterocycles. The Labute approximate surface area is 203 Å². The quantitative estimate of drug-likeness (QED) is 0.0907. The second-order valence-corrected chi connectivity index (χ2v) is 7.97. The molecule has 0 atom stereocenters. The van der Waals surface area contributed by atoms with Crippen molar-refractivity contribution in [3.05, 3.63) is 46.5 Å². The largest absolute Gasteiger partial charge is 0.507 e. The van der Waals surface area contributed by atoms with Crippen LogP contribution in [0.25, 0.3) is 0 Å². The minimum absolute atomic E-state index is 0.00939. The van der Waals surface area contributed by atoms with E-state index >= 15 is 0 Å². The first-order valence-electron chi connectivity index (χ1n) is 11.6. The summed E-state index contributed by atoms with van der Waals surface area (Å²) in [7, 11) is 0. The average Bonchev–Trinajstić information content (AvgIpc) is 3.73. The van der Waals surface area contributed by atoms with Crippen LogP contribution in [-0.2, 0) is 0 Å². The number of benzene rings is 2. The van der Waals surface area contributed by atoms with Crippen LogP contribution in [0.15, 0.2) is 24.3 Å². The van der Waals surface area contributed by atoms with Crippen LogP contribution < -0.4 is 26.6 Å². The van der Waals surface area contributed by atoms with Gasteiger partial charge in [0.1, 0.15) is 11.5 Å². The molecule has 2 aliphatic rings. The lowest BCUT2D eigenvalue weighted by atomic mass is 9.81. The number of hydrogen-bond donors (Lipinski definition) is 9. The van der Waals surface area contributed by atoms with Gasteiger partial charge in [-0.1, -0.05) is 0 Å². The van der Waals surface area contributed by atoms with Gasteiger partial charge in [-0.2, -0.15) is 0 Å². The number of carbonyl (C=O) groups is 2. The maximum atomic E-state index is 13.4. The van der Waals surface area contributed by atoms with E-state index in [1.165, 1.54) is 25.2 Å². The second-order valence-electron chi connectivity index (χ2n) is 7.97. The van der Waals surface area contributed by atoms with Gasteiger partial charge < -0.3 is 47.0 Å². The van der Waals surface area contributed by atoms with Gasteiger partial charge >= 0.3 is 0 Å². The summed E-state index contributed by atoms with van der Waals surface area (Å²) in [6.07, 6.45) is 0. The van der Waals surface area contributed by atoms with Gasteiger partial charge in [-0.3, -0.25) is 9.59 Å². The van der Waals surface area contributed by atoms with Crippen molar-refractivity contribution < 1.29 is 30.0 Å². The highest BCUT2D eigenvalue weighted by molar-refractivity contribution is 6.33. The number of aliphatic hydroxyl groups is 2. The van der Waals surface area contributed by atoms with Crippen LogP contribution in [0, 0.1) is 0 Å². The molecule has 35 heavy (non-hydrogen) atoms. The first-order valence-corrected chi connectivity index (χ1v) is 11.6. The van der Waals surface area contributed by atoms with Gasteiger partial charge in [-0.25, -0.2) is 0 Å². The van der Waals surface area contributed by atoms with Gasteiger partial charge in [0, 0.05) is 63.7 Å². The van der Waals surface area contributed by atoms with Crippen LogP contribution in [0.5, 0.6) is 11.5 Å². The van der Waals surface area contributed by atoms with Crippen LogP contribution in [0.1, 0.15) is 31.8 Å². The highest BCUT2D eigenvalue weighted by atomic mass is 16.3. The maximum Gasteiger partial charge on any atom is 0.200 e. The van der Waals surface area contributed by atoms with Crippen molar-refractivity contribution in [3.63, 3.8) is 0 Å². The normalized spacial score (nSPS) is 13.4. The third-order valence-corrected chi connectivity index (χ3v) is 5.34. The number of phenolic OH excluding ortho intramolecular Hbond substituents is 2. The van der Waals surface area contributed by atoms with E-state index in [2.05, 4.69) is 26.6 Å². The van der Waals surface area contributed by atoms with E-state index in [-0.39, 0.29) is 47.0 Å². The number of ketones is 2. The molecule has 1 heterocycles. The van der Waals surface area contributed by atoms with Crippen molar-refractivity contribution >= 4 is 22.9 Å². The maximum absolute atomic E-state index is 13.4. The zero-order valence-electron chi connectivity index (χ0n) is 19.5. The van der Waals surface area contributed by atoms with E-state index in [0.29, 0.717) is 50.6 Å². The molecule has 0 spiro atoms. The van der Waals surface area contributed by atoms with E-state index in [9.17, 15) is 19.8 Å². The van der Waals surface area contributed by atoms with Gasteiger partial charge in [0.05, 0.1) is 35.5 Å². The van der Waals surface area contributed by atoms with E-state index in [4.69, 9.17) is 10.2 Å².